The van der Waals surface area contributed by atoms with Crippen molar-refractivity contribution in [3.8, 4) is 0 Å². The molecule has 3 aromatic rings. The van der Waals surface area contributed by atoms with Crippen molar-refractivity contribution in [2.45, 2.75) is 19.0 Å². The van der Waals surface area contributed by atoms with E-state index >= 15 is 0 Å². The molecule has 0 saturated heterocycles. The Balaban J connectivity index is 2.04. The lowest BCUT2D eigenvalue weighted by Gasteiger charge is -2.33. The third kappa shape index (κ3) is 7.32. The zero-order valence-corrected chi connectivity index (χ0v) is 23.1. The predicted molar refractivity (Wildman–Crippen MR) is 146 cm³/mol. The number of carbonyl (C=O) groups is 2. The Kier molecular flexibility index (Phi) is 9.53. The number of likely N-dealkylation sites (N-methyl/N-ethyl adjacent to an activating group) is 1. The van der Waals surface area contributed by atoms with Crippen molar-refractivity contribution in [2.24, 2.45) is 0 Å². The van der Waals surface area contributed by atoms with Crippen LogP contribution in [-0.2, 0) is 32.6 Å². The second-order valence-electron chi connectivity index (χ2n) is 8.19. The molecule has 0 aliphatic rings. The van der Waals surface area contributed by atoms with Gasteiger partial charge < -0.3 is 10.2 Å². The highest BCUT2D eigenvalue weighted by Gasteiger charge is 2.33. The van der Waals surface area contributed by atoms with Gasteiger partial charge in [-0.3, -0.25) is 13.9 Å². The summed E-state index contributed by atoms with van der Waals surface area (Å²) in [5.41, 5.74) is 1.90. The summed E-state index contributed by atoms with van der Waals surface area (Å²) in [7, 11) is -2.32. The van der Waals surface area contributed by atoms with Crippen LogP contribution in [0.15, 0.2) is 83.3 Å². The van der Waals surface area contributed by atoms with Crippen molar-refractivity contribution >= 4 is 55.1 Å². The van der Waals surface area contributed by atoms with Crippen molar-refractivity contribution in [2.75, 3.05) is 24.2 Å². The number of rotatable bonds is 10. The molecule has 36 heavy (non-hydrogen) atoms. The van der Waals surface area contributed by atoms with Gasteiger partial charge in [0.2, 0.25) is 21.8 Å². The number of carbonyl (C=O) groups excluding carboxylic acids is 2. The largest absolute Gasteiger partial charge is 0.357 e. The van der Waals surface area contributed by atoms with Gasteiger partial charge in [-0.25, -0.2) is 8.42 Å². The average Bonchev–Trinajstić information content (AvgIpc) is 2.84. The van der Waals surface area contributed by atoms with Crippen LogP contribution in [0.1, 0.15) is 11.1 Å². The minimum Gasteiger partial charge on any atom is -0.357 e. The number of anilines is 1. The van der Waals surface area contributed by atoms with Gasteiger partial charge in [0.05, 0.1) is 11.9 Å². The van der Waals surface area contributed by atoms with Crippen molar-refractivity contribution in [1.82, 2.24) is 10.2 Å². The van der Waals surface area contributed by atoms with Crippen LogP contribution in [-0.4, -0.2) is 51.0 Å². The Bertz CT molecular complexity index is 1320. The number of sulfonamides is 1. The summed E-state index contributed by atoms with van der Waals surface area (Å²) in [5, 5.41) is 3.14. The smallest absolute Gasteiger partial charge is 0.244 e. The van der Waals surface area contributed by atoms with Gasteiger partial charge in [0, 0.05) is 29.5 Å². The fourth-order valence-electron chi connectivity index (χ4n) is 3.80. The van der Waals surface area contributed by atoms with Gasteiger partial charge in [-0.2, -0.15) is 0 Å². The first-order chi connectivity index (χ1) is 17.1. The summed E-state index contributed by atoms with van der Waals surface area (Å²) in [6.45, 7) is -0.415. The van der Waals surface area contributed by atoms with Crippen molar-refractivity contribution < 1.29 is 18.0 Å². The van der Waals surface area contributed by atoms with Crippen LogP contribution < -0.4 is 9.62 Å². The minimum atomic E-state index is -3.82. The van der Waals surface area contributed by atoms with Crippen LogP contribution in [0.2, 0.25) is 5.02 Å². The maximum atomic E-state index is 13.8. The standard InChI is InChI=1S/C26H27BrClN3O4S/c1-29-26(33)24(16-19-9-4-3-5-10-19)30(17-20-11-8-12-21(28)15-20)25(32)18-31(36(2,34)35)23-14-7-6-13-22(23)27/h3-15,24H,16-18H2,1-2H3,(H,29,33). The fraction of sp³-hybridized carbons (Fsp3) is 0.231. The van der Waals surface area contributed by atoms with E-state index < -0.39 is 28.5 Å². The van der Waals surface area contributed by atoms with Crippen molar-refractivity contribution in [3.05, 3.63) is 99.5 Å². The first-order valence-corrected chi connectivity index (χ1v) is 14.1. The number of hydrogen-bond acceptors (Lipinski definition) is 4. The molecule has 3 aromatic carbocycles. The lowest BCUT2D eigenvalue weighted by molar-refractivity contribution is -0.139. The lowest BCUT2D eigenvalue weighted by atomic mass is 10.0. The van der Waals surface area contributed by atoms with Gasteiger partial charge in [-0.1, -0.05) is 66.2 Å². The molecule has 0 fully saturated rings. The molecule has 10 heteroatoms. The molecule has 190 valence electrons. The zero-order valence-electron chi connectivity index (χ0n) is 19.9. The Morgan fingerprint density at radius 1 is 0.972 bits per heavy atom. The summed E-state index contributed by atoms with van der Waals surface area (Å²) in [5.74, 6) is -0.887. The molecule has 0 heterocycles. The maximum Gasteiger partial charge on any atom is 0.244 e. The number of hydrogen-bond donors (Lipinski definition) is 1. The van der Waals surface area contributed by atoms with E-state index in [0.717, 1.165) is 16.1 Å². The highest BCUT2D eigenvalue weighted by atomic mass is 79.9. The van der Waals surface area contributed by atoms with E-state index in [1.54, 1.807) is 48.5 Å². The fourth-order valence-corrected chi connectivity index (χ4v) is 5.49. The molecule has 0 aliphatic carbocycles. The van der Waals surface area contributed by atoms with Crippen LogP contribution >= 0.6 is 27.5 Å². The molecule has 0 spiro atoms. The Hall–Kier alpha value is -2.88. The quantitative estimate of drug-likeness (QED) is 0.381. The SMILES string of the molecule is CNC(=O)C(Cc1ccccc1)N(Cc1cccc(Cl)c1)C(=O)CN(c1ccccc1Br)S(C)(=O)=O. The summed E-state index contributed by atoms with van der Waals surface area (Å²) >= 11 is 9.55. The monoisotopic (exact) mass is 591 g/mol. The molecule has 3 rings (SSSR count). The molecular weight excluding hydrogens is 566 g/mol. The van der Waals surface area contributed by atoms with Crippen molar-refractivity contribution in [1.29, 1.82) is 0 Å². The van der Waals surface area contributed by atoms with E-state index in [-0.39, 0.29) is 18.9 Å². The van der Waals surface area contributed by atoms with Gasteiger partial charge in [0.1, 0.15) is 12.6 Å². The van der Waals surface area contributed by atoms with Gasteiger partial charge >= 0.3 is 0 Å². The summed E-state index contributed by atoms with van der Waals surface area (Å²) in [4.78, 5) is 28.3. The first-order valence-electron chi connectivity index (χ1n) is 11.1. The molecule has 0 radical (unpaired) electrons. The molecule has 1 N–H and O–H groups in total. The highest BCUT2D eigenvalue weighted by molar-refractivity contribution is 9.10. The lowest BCUT2D eigenvalue weighted by Crippen LogP contribution is -2.52. The minimum absolute atomic E-state index is 0.0673. The number of para-hydroxylation sites is 1. The summed E-state index contributed by atoms with van der Waals surface area (Å²) in [6.07, 6.45) is 1.29. The number of nitrogens with one attached hydrogen (secondary N) is 1. The second kappa shape index (κ2) is 12.4. The van der Waals surface area contributed by atoms with E-state index in [9.17, 15) is 18.0 Å². The highest BCUT2D eigenvalue weighted by Crippen LogP contribution is 2.28. The number of amides is 2. The van der Waals surface area contributed by atoms with E-state index in [2.05, 4.69) is 21.2 Å². The van der Waals surface area contributed by atoms with Crippen LogP contribution in [0.3, 0.4) is 0 Å². The molecule has 2 amide bonds. The summed E-state index contributed by atoms with van der Waals surface area (Å²) in [6, 6.07) is 22.2. The second-order valence-corrected chi connectivity index (χ2v) is 11.4. The number of benzene rings is 3. The van der Waals surface area contributed by atoms with Gasteiger partial charge in [-0.05, 0) is 51.3 Å². The third-order valence-electron chi connectivity index (χ3n) is 5.56. The third-order valence-corrected chi connectivity index (χ3v) is 7.59. The van der Waals surface area contributed by atoms with Crippen molar-refractivity contribution in [3.63, 3.8) is 0 Å². The molecule has 1 atom stereocenters. The maximum absolute atomic E-state index is 13.8. The van der Waals surface area contributed by atoms with Gasteiger partial charge in [0.15, 0.2) is 0 Å². The number of nitrogens with zero attached hydrogens (tertiary/aromatic N) is 2. The molecule has 0 saturated carbocycles. The van der Waals surface area contributed by atoms with Crippen LogP contribution in [0, 0.1) is 0 Å². The number of halogens is 2. The van der Waals surface area contributed by atoms with Gasteiger partial charge in [0.25, 0.3) is 0 Å². The molecule has 1 unspecified atom stereocenters. The Morgan fingerprint density at radius 2 is 1.61 bits per heavy atom. The van der Waals surface area contributed by atoms with E-state index in [1.807, 2.05) is 30.3 Å². The molecule has 0 aromatic heterocycles. The van der Waals surface area contributed by atoms with Crippen LogP contribution in [0.25, 0.3) is 0 Å². The van der Waals surface area contributed by atoms with E-state index in [4.69, 9.17) is 11.6 Å². The molecule has 0 aliphatic heterocycles. The zero-order chi connectivity index (χ0) is 26.3. The molecule has 0 bridgehead atoms. The molecule has 7 nitrogen and oxygen atoms in total. The van der Waals surface area contributed by atoms with Crippen LogP contribution in [0.5, 0.6) is 0 Å². The van der Waals surface area contributed by atoms with E-state index in [0.29, 0.717) is 20.7 Å². The first kappa shape index (κ1) is 27.7. The summed E-state index contributed by atoms with van der Waals surface area (Å²) < 4.78 is 27.0. The Morgan fingerprint density at radius 3 is 2.22 bits per heavy atom. The molecular formula is C26H27BrClN3O4S. The average molecular weight is 593 g/mol. The predicted octanol–water partition coefficient (Wildman–Crippen LogP) is 4.25. The normalized spacial score (nSPS) is 12.0. The van der Waals surface area contributed by atoms with Crippen LogP contribution in [0.4, 0.5) is 5.69 Å². The topological polar surface area (TPSA) is 86.8 Å². The van der Waals surface area contributed by atoms with Gasteiger partial charge in [-0.15, -0.1) is 0 Å². The van der Waals surface area contributed by atoms with E-state index in [1.165, 1.54) is 11.9 Å². The Labute approximate surface area is 225 Å².